The Hall–Kier alpha value is -2.86. The van der Waals surface area contributed by atoms with E-state index in [1.807, 2.05) is 24.4 Å². The zero-order chi connectivity index (χ0) is 21.7. The van der Waals surface area contributed by atoms with E-state index in [9.17, 15) is 9.18 Å². The molecule has 6 rings (SSSR count). The predicted octanol–water partition coefficient (Wildman–Crippen LogP) is 4.20. The monoisotopic (exact) mass is 433 g/mol. The van der Waals surface area contributed by atoms with Crippen LogP contribution in [0.2, 0.25) is 0 Å². The van der Waals surface area contributed by atoms with E-state index in [1.165, 1.54) is 30.0 Å². The molecular weight excluding hydrogens is 405 g/mol. The number of hydrogen-bond donors (Lipinski definition) is 2. The summed E-state index contributed by atoms with van der Waals surface area (Å²) in [6, 6.07) is 9.11. The summed E-state index contributed by atoms with van der Waals surface area (Å²) >= 11 is 0. The fourth-order valence-corrected chi connectivity index (χ4v) is 5.31. The molecule has 2 aromatic carbocycles. The number of benzene rings is 2. The minimum atomic E-state index is -0.188. The molecule has 1 aliphatic carbocycles. The first kappa shape index (κ1) is 19.8. The number of H-pyrrole nitrogens is 1. The van der Waals surface area contributed by atoms with Crippen LogP contribution in [0.15, 0.2) is 36.5 Å². The zero-order valence-electron chi connectivity index (χ0n) is 18.1. The molecule has 1 amide bonds. The first-order valence-electron chi connectivity index (χ1n) is 11.7. The van der Waals surface area contributed by atoms with Gasteiger partial charge < -0.3 is 15.0 Å². The van der Waals surface area contributed by atoms with Crippen LogP contribution in [0.4, 0.5) is 4.39 Å². The minimum absolute atomic E-state index is 0.0231. The highest BCUT2D eigenvalue weighted by molar-refractivity contribution is 5.99. The van der Waals surface area contributed by atoms with Crippen molar-refractivity contribution in [2.45, 2.75) is 44.7 Å². The number of fused-ring (bicyclic) bond motifs is 4. The molecule has 166 valence electrons. The van der Waals surface area contributed by atoms with E-state index in [2.05, 4.69) is 15.2 Å². The molecule has 2 aliphatic heterocycles. The Balaban J connectivity index is 1.17. The largest absolute Gasteiger partial charge is 0.492 e. The molecule has 32 heavy (non-hydrogen) atoms. The lowest BCUT2D eigenvalue weighted by Crippen LogP contribution is -2.45. The number of hydrogen-bond acceptors (Lipinski definition) is 3. The van der Waals surface area contributed by atoms with Crippen molar-refractivity contribution in [3.05, 3.63) is 64.6 Å². The molecule has 1 atom stereocenters. The molecule has 0 saturated heterocycles. The minimum Gasteiger partial charge on any atom is -0.492 e. The van der Waals surface area contributed by atoms with Gasteiger partial charge in [-0.15, -0.1) is 0 Å². The SMILES string of the molecule is O=C1NCc2c1ccc1c2CC(N(CCCc2c[nH]c3ccc(F)cc23)CC2CC2)CO1. The van der Waals surface area contributed by atoms with E-state index >= 15 is 0 Å². The molecule has 3 aliphatic rings. The number of amides is 1. The van der Waals surface area contributed by atoms with E-state index < -0.39 is 0 Å². The van der Waals surface area contributed by atoms with Crippen molar-refractivity contribution in [3.63, 3.8) is 0 Å². The Morgan fingerprint density at radius 3 is 2.94 bits per heavy atom. The number of nitrogens with zero attached hydrogens (tertiary/aromatic N) is 1. The second kappa shape index (κ2) is 7.93. The third kappa shape index (κ3) is 3.66. The van der Waals surface area contributed by atoms with E-state index in [-0.39, 0.29) is 11.7 Å². The maximum absolute atomic E-state index is 13.7. The van der Waals surface area contributed by atoms with Gasteiger partial charge in [0.15, 0.2) is 0 Å². The second-order valence-corrected chi connectivity index (χ2v) is 9.47. The lowest BCUT2D eigenvalue weighted by molar-refractivity contribution is 0.0965. The molecule has 5 nitrogen and oxygen atoms in total. The first-order chi connectivity index (χ1) is 15.7. The van der Waals surface area contributed by atoms with Gasteiger partial charge in [0.25, 0.3) is 5.91 Å². The highest BCUT2D eigenvalue weighted by Gasteiger charge is 2.33. The number of aryl methyl sites for hydroxylation is 1. The second-order valence-electron chi connectivity index (χ2n) is 9.47. The summed E-state index contributed by atoms with van der Waals surface area (Å²) in [6.07, 6.45) is 7.52. The fourth-order valence-electron chi connectivity index (χ4n) is 5.31. The van der Waals surface area contributed by atoms with Gasteiger partial charge >= 0.3 is 0 Å². The number of aromatic amines is 1. The van der Waals surface area contributed by atoms with Crippen LogP contribution in [0, 0.1) is 11.7 Å². The molecule has 1 saturated carbocycles. The van der Waals surface area contributed by atoms with E-state index in [0.29, 0.717) is 19.2 Å². The number of ether oxygens (including phenoxy) is 1. The maximum Gasteiger partial charge on any atom is 0.251 e. The van der Waals surface area contributed by atoms with Gasteiger partial charge in [-0.1, -0.05) is 0 Å². The summed E-state index contributed by atoms with van der Waals surface area (Å²) in [4.78, 5) is 18.0. The highest BCUT2D eigenvalue weighted by Crippen LogP contribution is 2.36. The third-order valence-electron chi connectivity index (χ3n) is 7.26. The van der Waals surface area contributed by atoms with Crippen LogP contribution in [0.5, 0.6) is 5.75 Å². The summed E-state index contributed by atoms with van der Waals surface area (Å²) in [7, 11) is 0. The van der Waals surface area contributed by atoms with Crippen LogP contribution < -0.4 is 10.1 Å². The summed E-state index contributed by atoms with van der Waals surface area (Å²) in [6.45, 7) is 3.40. The van der Waals surface area contributed by atoms with Gasteiger partial charge in [0, 0.05) is 47.4 Å². The van der Waals surface area contributed by atoms with Gasteiger partial charge in [-0.2, -0.15) is 0 Å². The van der Waals surface area contributed by atoms with Crippen molar-refractivity contribution in [3.8, 4) is 5.75 Å². The molecule has 1 aromatic heterocycles. The van der Waals surface area contributed by atoms with Gasteiger partial charge in [0.2, 0.25) is 0 Å². The highest BCUT2D eigenvalue weighted by atomic mass is 19.1. The van der Waals surface area contributed by atoms with E-state index in [1.54, 1.807) is 6.07 Å². The van der Waals surface area contributed by atoms with Crippen LogP contribution >= 0.6 is 0 Å². The molecule has 0 bridgehead atoms. The number of rotatable bonds is 7. The number of carbonyl (C=O) groups excluding carboxylic acids is 1. The molecule has 1 unspecified atom stereocenters. The summed E-state index contributed by atoms with van der Waals surface area (Å²) in [5.74, 6) is 1.56. The Labute approximate surface area is 186 Å². The molecule has 1 fully saturated rings. The standard InChI is InChI=1S/C26H28FN3O2/c27-18-5-7-24-21(10-18)17(12-28-24)2-1-9-30(14-16-3-4-16)19-11-22-23-13-29-26(31)20(23)6-8-25(22)32-15-19/h5-8,10,12,16,19,28H,1-4,9,11,13-15H2,(H,29,31). The van der Waals surface area contributed by atoms with Gasteiger partial charge in [-0.3, -0.25) is 9.69 Å². The number of aromatic nitrogens is 1. The van der Waals surface area contributed by atoms with E-state index in [4.69, 9.17) is 4.74 Å². The lowest BCUT2D eigenvalue weighted by atomic mass is 9.93. The van der Waals surface area contributed by atoms with Crippen LogP contribution in [0.3, 0.4) is 0 Å². The predicted molar refractivity (Wildman–Crippen MR) is 121 cm³/mol. The van der Waals surface area contributed by atoms with Crippen molar-refractivity contribution in [1.29, 1.82) is 0 Å². The smallest absolute Gasteiger partial charge is 0.251 e. The number of carbonyl (C=O) groups is 1. The number of nitrogens with one attached hydrogen (secondary N) is 2. The average molecular weight is 434 g/mol. The normalized spacial score (nSPS) is 19.7. The summed E-state index contributed by atoms with van der Waals surface area (Å²) in [5, 5.41) is 3.94. The zero-order valence-corrected chi connectivity index (χ0v) is 18.1. The van der Waals surface area contributed by atoms with E-state index in [0.717, 1.165) is 66.0 Å². The summed E-state index contributed by atoms with van der Waals surface area (Å²) < 4.78 is 19.9. The lowest BCUT2D eigenvalue weighted by Gasteiger charge is -2.36. The van der Waals surface area contributed by atoms with Gasteiger partial charge in [0.1, 0.15) is 18.2 Å². The third-order valence-corrected chi connectivity index (χ3v) is 7.26. The average Bonchev–Trinajstić information content (AvgIpc) is 3.42. The van der Waals surface area contributed by atoms with Crippen LogP contribution in [-0.4, -0.2) is 41.5 Å². The maximum atomic E-state index is 13.7. The van der Waals surface area contributed by atoms with Crippen molar-refractivity contribution in [1.82, 2.24) is 15.2 Å². The molecule has 0 spiro atoms. The molecule has 6 heteroatoms. The van der Waals surface area contributed by atoms with Crippen molar-refractivity contribution >= 4 is 16.8 Å². The Bertz CT molecular complexity index is 1180. The molecule has 2 N–H and O–H groups in total. The van der Waals surface area contributed by atoms with Crippen LogP contribution in [-0.2, 0) is 19.4 Å². The molecule has 3 aromatic rings. The fraction of sp³-hybridized carbons (Fsp3) is 0.423. The van der Waals surface area contributed by atoms with Crippen molar-refractivity contribution in [2.24, 2.45) is 5.92 Å². The molecule has 0 radical (unpaired) electrons. The van der Waals surface area contributed by atoms with Crippen molar-refractivity contribution in [2.75, 3.05) is 19.7 Å². The topological polar surface area (TPSA) is 57.4 Å². The molecule has 3 heterocycles. The van der Waals surface area contributed by atoms with Crippen molar-refractivity contribution < 1.29 is 13.9 Å². The Morgan fingerprint density at radius 2 is 2.06 bits per heavy atom. The summed E-state index contributed by atoms with van der Waals surface area (Å²) in [5.41, 5.74) is 5.28. The van der Waals surface area contributed by atoms with Crippen LogP contribution in [0.25, 0.3) is 10.9 Å². The Kier molecular flexibility index (Phi) is 4.90. The van der Waals surface area contributed by atoms with Gasteiger partial charge in [-0.25, -0.2) is 4.39 Å². The van der Waals surface area contributed by atoms with Crippen LogP contribution in [0.1, 0.15) is 46.3 Å². The van der Waals surface area contributed by atoms with Gasteiger partial charge in [0.05, 0.1) is 0 Å². The Morgan fingerprint density at radius 1 is 1.16 bits per heavy atom. The quantitative estimate of drug-likeness (QED) is 0.587. The first-order valence-corrected chi connectivity index (χ1v) is 11.7. The van der Waals surface area contributed by atoms with Gasteiger partial charge in [-0.05, 0) is 86.0 Å². The number of halogens is 1. The molecular formula is C26H28FN3O2.